The van der Waals surface area contributed by atoms with Crippen LogP contribution in [0.25, 0.3) is 16.8 Å². The normalized spacial score (nSPS) is 11.9. The van der Waals surface area contributed by atoms with E-state index in [0.29, 0.717) is 44.7 Å². The van der Waals surface area contributed by atoms with E-state index in [1.54, 1.807) is 41.1 Å². The molecule has 0 aliphatic heterocycles. The molecule has 0 aliphatic rings. The van der Waals surface area contributed by atoms with E-state index in [2.05, 4.69) is 11.1 Å². The Morgan fingerprint density at radius 2 is 1.97 bits per heavy atom. The van der Waals surface area contributed by atoms with Crippen molar-refractivity contribution in [3.05, 3.63) is 86.6 Å². The van der Waals surface area contributed by atoms with Gasteiger partial charge >= 0.3 is 0 Å². The number of carbonyl (C=O) groups excluding carboxylic acids is 1. The number of carbonyl (C=O) groups is 1. The van der Waals surface area contributed by atoms with Crippen LogP contribution >= 0.6 is 23.2 Å². The minimum absolute atomic E-state index is 0.117. The summed E-state index contributed by atoms with van der Waals surface area (Å²) in [5, 5.41) is 10.4. The lowest BCUT2D eigenvalue weighted by atomic mass is 9.99. The Bertz CT molecular complexity index is 1500. The average molecular weight is 495 g/mol. The maximum Gasteiger partial charge on any atom is 0.252 e. The van der Waals surface area contributed by atoms with E-state index < -0.39 is 6.04 Å². The number of halogens is 2. The van der Waals surface area contributed by atoms with Crippen LogP contribution in [0.3, 0.4) is 0 Å². The van der Waals surface area contributed by atoms with Gasteiger partial charge in [0.05, 0.1) is 37.2 Å². The van der Waals surface area contributed by atoms with Gasteiger partial charge < -0.3 is 9.30 Å². The smallest absolute Gasteiger partial charge is 0.252 e. The van der Waals surface area contributed by atoms with E-state index in [0.717, 1.165) is 5.56 Å². The standard InChI is InChI=1S/C25H20Cl2N4O3/c1-3-20(21(32)8-15-4-7-24-29-12-23(27)31(24)13-15)30-14-22(34-2)19(10-25(30)33)18-9-17(26)6-5-16(18)11-28/h4-7,9-10,12-14,20H,3,8H2,1-2H3. The van der Waals surface area contributed by atoms with Gasteiger partial charge in [0, 0.05) is 34.8 Å². The maximum atomic E-state index is 13.2. The predicted octanol–water partition coefficient (Wildman–Crippen LogP) is 5.11. The van der Waals surface area contributed by atoms with Gasteiger partial charge in [-0.15, -0.1) is 0 Å². The molecule has 0 saturated heterocycles. The molecule has 0 bridgehead atoms. The highest BCUT2D eigenvalue weighted by atomic mass is 35.5. The molecule has 4 rings (SSSR count). The number of imidazole rings is 1. The lowest BCUT2D eigenvalue weighted by Crippen LogP contribution is -2.30. The number of nitriles is 1. The molecule has 172 valence electrons. The van der Waals surface area contributed by atoms with Crippen molar-refractivity contribution in [3.63, 3.8) is 0 Å². The lowest BCUT2D eigenvalue weighted by Gasteiger charge is -2.20. The zero-order chi connectivity index (χ0) is 24.4. The Kier molecular flexibility index (Phi) is 6.73. The summed E-state index contributed by atoms with van der Waals surface area (Å²) in [5.74, 6) is 0.228. The molecule has 0 aliphatic carbocycles. The molecule has 1 atom stereocenters. The first kappa shape index (κ1) is 23.6. The molecule has 34 heavy (non-hydrogen) atoms. The summed E-state index contributed by atoms with van der Waals surface area (Å²) in [6.45, 7) is 1.84. The van der Waals surface area contributed by atoms with Crippen molar-refractivity contribution in [3.8, 4) is 22.9 Å². The van der Waals surface area contributed by atoms with Crippen LogP contribution in [0.15, 0.2) is 59.8 Å². The maximum absolute atomic E-state index is 13.2. The van der Waals surface area contributed by atoms with E-state index in [-0.39, 0.29) is 17.8 Å². The van der Waals surface area contributed by atoms with Gasteiger partial charge in [-0.25, -0.2) is 4.98 Å². The highest BCUT2D eigenvalue weighted by molar-refractivity contribution is 6.31. The van der Waals surface area contributed by atoms with Crippen molar-refractivity contribution in [2.45, 2.75) is 25.8 Å². The van der Waals surface area contributed by atoms with Gasteiger partial charge in [0.2, 0.25) is 0 Å². The number of ether oxygens (including phenoxy) is 1. The topological polar surface area (TPSA) is 89.4 Å². The molecule has 1 unspecified atom stereocenters. The molecule has 3 heterocycles. The van der Waals surface area contributed by atoms with Crippen molar-refractivity contribution < 1.29 is 9.53 Å². The van der Waals surface area contributed by atoms with Crippen LogP contribution in [0, 0.1) is 11.3 Å². The number of hydrogen-bond acceptors (Lipinski definition) is 5. The number of methoxy groups -OCH3 is 1. The largest absolute Gasteiger partial charge is 0.495 e. The monoisotopic (exact) mass is 494 g/mol. The third-order valence-electron chi connectivity index (χ3n) is 5.65. The molecule has 3 aromatic heterocycles. The number of Topliss-reactive ketones (excluding diaryl/α,β-unsaturated/α-hetero) is 1. The van der Waals surface area contributed by atoms with E-state index in [1.165, 1.54) is 23.9 Å². The van der Waals surface area contributed by atoms with Crippen LogP contribution in [-0.4, -0.2) is 26.8 Å². The highest BCUT2D eigenvalue weighted by Gasteiger charge is 2.23. The van der Waals surface area contributed by atoms with Crippen LogP contribution < -0.4 is 10.3 Å². The van der Waals surface area contributed by atoms with Crippen molar-refractivity contribution in [2.24, 2.45) is 0 Å². The van der Waals surface area contributed by atoms with Gasteiger partial charge in [-0.1, -0.05) is 36.2 Å². The van der Waals surface area contributed by atoms with E-state index >= 15 is 0 Å². The first-order valence-corrected chi connectivity index (χ1v) is 11.3. The first-order valence-electron chi connectivity index (χ1n) is 10.5. The number of aromatic nitrogens is 3. The summed E-state index contributed by atoms with van der Waals surface area (Å²) in [4.78, 5) is 30.5. The van der Waals surface area contributed by atoms with Gasteiger partial charge in [-0.2, -0.15) is 5.26 Å². The van der Waals surface area contributed by atoms with Crippen molar-refractivity contribution >= 4 is 34.6 Å². The van der Waals surface area contributed by atoms with Crippen LogP contribution in [0.5, 0.6) is 5.75 Å². The Hall–Kier alpha value is -3.60. The number of nitrogens with zero attached hydrogens (tertiary/aromatic N) is 4. The lowest BCUT2D eigenvalue weighted by molar-refractivity contribution is -0.121. The fourth-order valence-corrected chi connectivity index (χ4v) is 4.34. The van der Waals surface area contributed by atoms with E-state index in [9.17, 15) is 14.9 Å². The number of ketones is 1. The molecule has 4 aromatic rings. The number of rotatable bonds is 7. The fourth-order valence-electron chi connectivity index (χ4n) is 3.98. The number of pyridine rings is 2. The predicted molar refractivity (Wildman–Crippen MR) is 131 cm³/mol. The summed E-state index contributed by atoms with van der Waals surface area (Å²) in [5.41, 5.74) is 2.34. The third kappa shape index (κ3) is 4.43. The summed E-state index contributed by atoms with van der Waals surface area (Å²) in [7, 11) is 1.47. The first-order chi connectivity index (χ1) is 16.4. The van der Waals surface area contributed by atoms with Crippen molar-refractivity contribution in [1.82, 2.24) is 14.0 Å². The highest BCUT2D eigenvalue weighted by Crippen LogP contribution is 2.33. The molecule has 0 fully saturated rings. The molecule has 0 N–H and O–H groups in total. The van der Waals surface area contributed by atoms with Gasteiger partial charge in [-0.05, 0) is 36.2 Å². The SMILES string of the molecule is CCC(C(=O)Cc1ccc2ncc(Cl)n2c1)n1cc(OC)c(-c2cc(Cl)ccc2C#N)cc1=O. The van der Waals surface area contributed by atoms with E-state index in [4.69, 9.17) is 27.9 Å². The van der Waals surface area contributed by atoms with Gasteiger partial charge in [0.1, 0.15) is 16.5 Å². The number of fused-ring (bicyclic) bond motifs is 1. The minimum atomic E-state index is -0.695. The van der Waals surface area contributed by atoms with Crippen LogP contribution in [0.4, 0.5) is 0 Å². The number of hydrogen-bond donors (Lipinski definition) is 0. The average Bonchev–Trinajstić information content (AvgIpc) is 3.20. The van der Waals surface area contributed by atoms with E-state index in [1.807, 2.05) is 13.0 Å². The Balaban J connectivity index is 1.71. The van der Waals surface area contributed by atoms with Crippen molar-refractivity contribution in [1.29, 1.82) is 5.26 Å². The number of benzene rings is 1. The second-order valence-corrected chi connectivity index (χ2v) is 8.54. The molecule has 0 saturated carbocycles. The Morgan fingerprint density at radius 3 is 2.68 bits per heavy atom. The molecular weight excluding hydrogens is 475 g/mol. The van der Waals surface area contributed by atoms with Gasteiger partial charge in [0.25, 0.3) is 5.56 Å². The summed E-state index contributed by atoms with van der Waals surface area (Å²) >= 11 is 12.3. The zero-order valence-corrected chi connectivity index (χ0v) is 20.0. The fraction of sp³-hybridized carbons (Fsp3) is 0.200. The summed E-state index contributed by atoms with van der Waals surface area (Å²) in [6, 6.07) is 11.2. The van der Waals surface area contributed by atoms with Crippen LogP contribution in [-0.2, 0) is 11.2 Å². The van der Waals surface area contributed by atoms with Crippen LogP contribution in [0.2, 0.25) is 10.2 Å². The van der Waals surface area contributed by atoms with Gasteiger partial charge in [-0.3, -0.25) is 14.0 Å². The molecule has 1 aromatic carbocycles. The minimum Gasteiger partial charge on any atom is -0.495 e. The van der Waals surface area contributed by atoms with Gasteiger partial charge in [0.15, 0.2) is 5.78 Å². The molecule has 9 heteroatoms. The molecule has 7 nitrogen and oxygen atoms in total. The Morgan fingerprint density at radius 1 is 1.18 bits per heavy atom. The second kappa shape index (κ2) is 9.72. The van der Waals surface area contributed by atoms with Crippen molar-refractivity contribution in [2.75, 3.05) is 7.11 Å². The quantitative estimate of drug-likeness (QED) is 0.355. The summed E-state index contributed by atoms with van der Waals surface area (Å²) < 4.78 is 8.61. The summed E-state index contributed by atoms with van der Waals surface area (Å²) in [6.07, 6.45) is 5.36. The molecule has 0 amide bonds. The zero-order valence-electron chi connectivity index (χ0n) is 18.5. The molecule has 0 spiro atoms. The van der Waals surface area contributed by atoms with Crippen LogP contribution in [0.1, 0.15) is 30.5 Å². The third-order valence-corrected chi connectivity index (χ3v) is 6.17. The Labute approximate surface area is 205 Å². The molecular formula is C25H20Cl2N4O3. The molecule has 0 radical (unpaired) electrons. The second-order valence-electron chi connectivity index (χ2n) is 7.72.